The molecular weight excluding hydrogens is 356 g/mol. The lowest BCUT2D eigenvalue weighted by molar-refractivity contribution is -0.169. The zero-order chi connectivity index (χ0) is 18.8. The van der Waals surface area contributed by atoms with Crippen LogP contribution >= 0.6 is 0 Å². The molecular formula is C20H24N6O2. The quantitative estimate of drug-likeness (QED) is 0.702. The third-order valence-electron chi connectivity index (χ3n) is 5.54. The number of hydrogen-bond acceptors (Lipinski definition) is 7. The molecule has 8 heteroatoms. The van der Waals surface area contributed by atoms with Gasteiger partial charge in [-0.05, 0) is 18.1 Å². The van der Waals surface area contributed by atoms with E-state index in [0.717, 1.165) is 44.7 Å². The van der Waals surface area contributed by atoms with Gasteiger partial charge in [0.2, 0.25) is 5.95 Å². The molecule has 1 spiro atoms. The van der Waals surface area contributed by atoms with Gasteiger partial charge in [-0.3, -0.25) is 0 Å². The molecule has 0 atom stereocenters. The molecule has 5 rings (SSSR count). The van der Waals surface area contributed by atoms with Crippen LogP contribution in [-0.4, -0.2) is 58.8 Å². The van der Waals surface area contributed by atoms with E-state index < -0.39 is 0 Å². The maximum atomic E-state index is 5.79. The Hall–Kier alpha value is -2.71. The Bertz CT molecular complexity index is 943. The fourth-order valence-corrected chi connectivity index (χ4v) is 4.01. The van der Waals surface area contributed by atoms with Crippen LogP contribution in [0.25, 0.3) is 10.9 Å². The number of fused-ring (bicyclic) bond motifs is 1. The number of nitrogens with one attached hydrogen (secondary N) is 2. The number of hydrogen-bond donors (Lipinski definition) is 2. The minimum Gasteiger partial charge on any atom is -0.368 e. The van der Waals surface area contributed by atoms with E-state index in [0.29, 0.717) is 19.2 Å². The van der Waals surface area contributed by atoms with Gasteiger partial charge in [-0.15, -0.1) is 5.10 Å². The third kappa shape index (κ3) is 3.41. The monoisotopic (exact) mass is 380 g/mol. The molecule has 1 aromatic carbocycles. The molecule has 0 aliphatic carbocycles. The van der Waals surface area contributed by atoms with Crippen molar-refractivity contribution in [1.82, 2.24) is 20.2 Å². The second-order valence-electron chi connectivity index (χ2n) is 7.27. The van der Waals surface area contributed by atoms with E-state index in [1.54, 1.807) is 6.20 Å². The summed E-state index contributed by atoms with van der Waals surface area (Å²) in [6, 6.07) is 8.35. The highest BCUT2D eigenvalue weighted by molar-refractivity contribution is 5.83. The number of ether oxygens (including phenoxy) is 2. The molecule has 2 aliphatic rings. The van der Waals surface area contributed by atoms with Crippen LogP contribution in [0.1, 0.15) is 18.4 Å². The number of nitrogens with zero attached hydrogens (tertiary/aromatic N) is 4. The van der Waals surface area contributed by atoms with Crippen molar-refractivity contribution < 1.29 is 9.47 Å². The topological polar surface area (TPSA) is 88.2 Å². The summed E-state index contributed by atoms with van der Waals surface area (Å²) < 4.78 is 11.6. The van der Waals surface area contributed by atoms with Gasteiger partial charge in [0.15, 0.2) is 11.6 Å². The van der Waals surface area contributed by atoms with Crippen LogP contribution in [0.2, 0.25) is 0 Å². The summed E-state index contributed by atoms with van der Waals surface area (Å²) in [6.07, 6.45) is 6.31. The zero-order valence-electron chi connectivity index (χ0n) is 15.7. The standard InChI is InChI=1S/C20H24N6O2/c1-2-4-17-16(3-1)15(13-22-17)5-8-21-18-14-23-25-19(24-18)26-9-6-20(7-10-26)27-11-12-28-20/h1-4,13-14,22H,5-12H2,(H,21,24,25). The summed E-state index contributed by atoms with van der Waals surface area (Å²) in [4.78, 5) is 10.1. The van der Waals surface area contributed by atoms with Crippen LogP contribution < -0.4 is 10.2 Å². The Morgan fingerprint density at radius 3 is 2.82 bits per heavy atom. The fourth-order valence-electron chi connectivity index (χ4n) is 4.01. The number of para-hydroxylation sites is 1. The highest BCUT2D eigenvalue weighted by Crippen LogP contribution is 2.32. The highest BCUT2D eigenvalue weighted by atomic mass is 16.7. The molecule has 2 aromatic heterocycles. The summed E-state index contributed by atoms with van der Waals surface area (Å²) in [5.74, 6) is 1.02. The second-order valence-corrected chi connectivity index (χ2v) is 7.27. The van der Waals surface area contributed by atoms with Crippen LogP contribution in [-0.2, 0) is 15.9 Å². The zero-order valence-corrected chi connectivity index (χ0v) is 15.7. The van der Waals surface area contributed by atoms with Crippen molar-refractivity contribution >= 4 is 22.7 Å². The molecule has 0 unspecified atom stereocenters. The van der Waals surface area contributed by atoms with E-state index in [2.05, 4.69) is 54.8 Å². The predicted octanol–water partition coefficient (Wildman–Crippen LogP) is 2.35. The van der Waals surface area contributed by atoms with E-state index >= 15 is 0 Å². The average Bonchev–Trinajstić information content (AvgIpc) is 3.37. The number of aromatic amines is 1. The van der Waals surface area contributed by atoms with Crippen molar-refractivity contribution in [3.05, 3.63) is 42.2 Å². The van der Waals surface area contributed by atoms with Crippen molar-refractivity contribution in [2.75, 3.05) is 43.1 Å². The number of benzene rings is 1. The van der Waals surface area contributed by atoms with Crippen LogP contribution in [0.3, 0.4) is 0 Å². The average molecular weight is 380 g/mol. The smallest absolute Gasteiger partial charge is 0.247 e. The molecule has 2 saturated heterocycles. The number of rotatable bonds is 5. The molecule has 0 radical (unpaired) electrons. The third-order valence-corrected chi connectivity index (χ3v) is 5.54. The van der Waals surface area contributed by atoms with E-state index in [-0.39, 0.29) is 5.79 Å². The molecule has 0 bridgehead atoms. The van der Waals surface area contributed by atoms with Crippen molar-refractivity contribution in [2.24, 2.45) is 0 Å². The Morgan fingerprint density at radius 2 is 1.96 bits per heavy atom. The molecule has 0 saturated carbocycles. The van der Waals surface area contributed by atoms with Crippen LogP contribution in [0.15, 0.2) is 36.7 Å². The Balaban J connectivity index is 1.19. The molecule has 4 heterocycles. The molecule has 28 heavy (non-hydrogen) atoms. The predicted molar refractivity (Wildman–Crippen MR) is 106 cm³/mol. The van der Waals surface area contributed by atoms with Gasteiger partial charge in [0, 0.05) is 49.6 Å². The van der Waals surface area contributed by atoms with Gasteiger partial charge < -0.3 is 24.7 Å². The Morgan fingerprint density at radius 1 is 1.14 bits per heavy atom. The molecule has 8 nitrogen and oxygen atoms in total. The Kier molecular flexibility index (Phi) is 4.58. The molecule has 0 amide bonds. The normalized spacial score (nSPS) is 18.8. The van der Waals surface area contributed by atoms with E-state index in [1.165, 1.54) is 16.5 Å². The van der Waals surface area contributed by atoms with Gasteiger partial charge in [0.05, 0.1) is 19.4 Å². The summed E-state index contributed by atoms with van der Waals surface area (Å²) in [6.45, 7) is 3.77. The molecule has 3 aromatic rings. The number of aromatic nitrogens is 4. The van der Waals surface area contributed by atoms with Gasteiger partial charge in [0.25, 0.3) is 0 Å². The van der Waals surface area contributed by atoms with E-state index in [4.69, 9.17) is 9.47 Å². The summed E-state index contributed by atoms with van der Waals surface area (Å²) in [5.41, 5.74) is 2.46. The van der Waals surface area contributed by atoms with E-state index in [1.807, 2.05) is 6.07 Å². The largest absolute Gasteiger partial charge is 0.368 e. The molecule has 146 valence electrons. The fraction of sp³-hybridized carbons (Fsp3) is 0.450. The number of piperidine rings is 1. The number of H-pyrrole nitrogens is 1. The van der Waals surface area contributed by atoms with Gasteiger partial charge in [-0.25, -0.2) is 0 Å². The van der Waals surface area contributed by atoms with Gasteiger partial charge >= 0.3 is 0 Å². The summed E-state index contributed by atoms with van der Waals surface area (Å²) in [7, 11) is 0. The van der Waals surface area contributed by atoms with Gasteiger partial charge in [-0.1, -0.05) is 18.2 Å². The van der Waals surface area contributed by atoms with Crippen LogP contribution in [0.4, 0.5) is 11.8 Å². The van der Waals surface area contributed by atoms with Crippen molar-refractivity contribution in [2.45, 2.75) is 25.0 Å². The van der Waals surface area contributed by atoms with Gasteiger partial charge in [0.1, 0.15) is 0 Å². The maximum Gasteiger partial charge on any atom is 0.247 e. The minimum atomic E-state index is -0.390. The lowest BCUT2D eigenvalue weighted by atomic mass is 10.0. The molecule has 2 aliphatic heterocycles. The first kappa shape index (κ1) is 17.4. The lowest BCUT2D eigenvalue weighted by Crippen LogP contribution is -2.45. The lowest BCUT2D eigenvalue weighted by Gasteiger charge is -2.37. The summed E-state index contributed by atoms with van der Waals surface area (Å²) >= 11 is 0. The van der Waals surface area contributed by atoms with Crippen molar-refractivity contribution in [3.8, 4) is 0 Å². The van der Waals surface area contributed by atoms with Crippen LogP contribution in [0, 0.1) is 0 Å². The van der Waals surface area contributed by atoms with Crippen molar-refractivity contribution in [3.63, 3.8) is 0 Å². The first-order valence-electron chi connectivity index (χ1n) is 9.83. The van der Waals surface area contributed by atoms with Crippen LogP contribution in [0.5, 0.6) is 0 Å². The molecule has 2 N–H and O–H groups in total. The minimum absolute atomic E-state index is 0.390. The van der Waals surface area contributed by atoms with Gasteiger partial charge in [-0.2, -0.15) is 10.1 Å². The number of anilines is 2. The van der Waals surface area contributed by atoms with Crippen molar-refractivity contribution in [1.29, 1.82) is 0 Å². The Labute approximate surface area is 163 Å². The first-order chi connectivity index (χ1) is 13.8. The first-order valence-corrected chi connectivity index (χ1v) is 9.83. The SMILES string of the molecule is c1ccc2c(CCNc3cnnc(N4CCC5(CC4)OCCO5)n3)c[nH]c2c1. The highest BCUT2D eigenvalue weighted by Gasteiger charge is 2.40. The van der Waals surface area contributed by atoms with E-state index in [9.17, 15) is 0 Å². The molecule has 2 fully saturated rings. The maximum absolute atomic E-state index is 5.79. The summed E-state index contributed by atoms with van der Waals surface area (Å²) in [5, 5.41) is 13.0. The second kappa shape index (κ2) is 7.37.